The van der Waals surface area contributed by atoms with Gasteiger partial charge < -0.3 is 11.1 Å². The number of aromatic nitrogens is 2. The van der Waals surface area contributed by atoms with Gasteiger partial charge in [-0.3, -0.25) is 0 Å². The molecule has 0 aliphatic carbocycles. The molecule has 0 saturated heterocycles. The number of hydrogen-bond acceptors (Lipinski definition) is 4. The van der Waals surface area contributed by atoms with Crippen LogP contribution >= 0.6 is 11.6 Å². The summed E-state index contributed by atoms with van der Waals surface area (Å²) >= 11 is 6.03. The van der Waals surface area contributed by atoms with E-state index in [1.165, 1.54) is 0 Å². The van der Waals surface area contributed by atoms with Crippen molar-refractivity contribution in [3.63, 3.8) is 0 Å². The first-order chi connectivity index (χ1) is 7.22. The average Bonchev–Trinajstić information content (AvgIpc) is 2.20. The first-order valence-electron chi connectivity index (χ1n) is 4.57. The number of hydrogen-bond donors (Lipinski definition) is 2. The van der Waals surface area contributed by atoms with Crippen molar-refractivity contribution in [2.24, 2.45) is 0 Å². The van der Waals surface area contributed by atoms with Gasteiger partial charge in [0.15, 0.2) is 0 Å². The minimum atomic E-state index is 0.466. The molecule has 1 heterocycles. The van der Waals surface area contributed by atoms with Crippen LogP contribution in [0.3, 0.4) is 0 Å². The van der Waals surface area contributed by atoms with Gasteiger partial charge >= 0.3 is 0 Å². The molecule has 0 aliphatic heterocycles. The molecule has 1 aromatic carbocycles. The predicted molar refractivity (Wildman–Crippen MR) is 61.7 cm³/mol. The van der Waals surface area contributed by atoms with Crippen molar-refractivity contribution in [2.45, 2.75) is 6.54 Å². The summed E-state index contributed by atoms with van der Waals surface area (Å²) in [6.07, 6.45) is 0. The minimum absolute atomic E-state index is 0.466. The van der Waals surface area contributed by atoms with E-state index in [9.17, 15) is 0 Å². The third-order valence-electron chi connectivity index (χ3n) is 2.09. The van der Waals surface area contributed by atoms with Gasteiger partial charge in [-0.15, -0.1) is 0 Å². The van der Waals surface area contributed by atoms with Crippen LogP contribution in [0.4, 0.5) is 5.82 Å². The summed E-state index contributed by atoms with van der Waals surface area (Å²) in [4.78, 5) is 8.52. The first kappa shape index (κ1) is 10.1. The maximum absolute atomic E-state index is 6.03. The molecule has 0 spiro atoms. The number of fused-ring (bicyclic) bond motifs is 1. The van der Waals surface area contributed by atoms with Crippen LogP contribution < -0.4 is 11.1 Å². The summed E-state index contributed by atoms with van der Waals surface area (Å²) in [5.74, 6) is 1.11. The molecule has 1 aromatic heterocycles. The predicted octanol–water partition coefficient (Wildman–Crippen LogP) is 1.58. The lowest BCUT2D eigenvalue weighted by Gasteiger charge is -2.05. The molecule has 5 heteroatoms. The number of nitrogens with two attached hydrogens (primary N) is 1. The van der Waals surface area contributed by atoms with Crippen molar-refractivity contribution in [1.82, 2.24) is 15.3 Å². The highest BCUT2D eigenvalue weighted by Crippen LogP contribution is 2.24. The Hall–Kier alpha value is -1.39. The smallest absolute Gasteiger partial charge is 0.145 e. The van der Waals surface area contributed by atoms with E-state index in [4.69, 9.17) is 17.3 Å². The fraction of sp³-hybridized carbons (Fsp3) is 0.200. The van der Waals surface area contributed by atoms with Gasteiger partial charge in [-0.05, 0) is 19.2 Å². The van der Waals surface area contributed by atoms with Gasteiger partial charge in [0.25, 0.3) is 0 Å². The van der Waals surface area contributed by atoms with Gasteiger partial charge in [-0.1, -0.05) is 17.7 Å². The molecule has 2 rings (SSSR count). The van der Waals surface area contributed by atoms with Crippen molar-refractivity contribution >= 4 is 28.3 Å². The van der Waals surface area contributed by atoms with Gasteiger partial charge in [-0.2, -0.15) is 0 Å². The van der Waals surface area contributed by atoms with E-state index >= 15 is 0 Å². The first-order valence-corrected chi connectivity index (χ1v) is 4.95. The maximum Gasteiger partial charge on any atom is 0.145 e. The monoisotopic (exact) mass is 222 g/mol. The summed E-state index contributed by atoms with van der Waals surface area (Å²) in [6.45, 7) is 0.575. The largest absolute Gasteiger partial charge is 0.383 e. The Kier molecular flexibility index (Phi) is 2.70. The van der Waals surface area contributed by atoms with Crippen LogP contribution in [0.5, 0.6) is 0 Å². The molecule has 0 unspecified atom stereocenters. The quantitative estimate of drug-likeness (QED) is 0.810. The fourth-order valence-corrected chi connectivity index (χ4v) is 1.64. The molecule has 0 radical (unpaired) electrons. The number of benzene rings is 1. The Balaban J connectivity index is 2.68. The van der Waals surface area contributed by atoms with Crippen LogP contribution in [-0.2, 0) is 6.54 Å². The Morgan fingerprint density at radius 1 is 1.40 bits per heavy atom. The van der Waals surface area contributed by atoms with Crippen LogP contribution in [-0.4, -0.2) is 17.0 Å². The fourth-order valence-electron chi connectivity index (χ4n) is 1.43. The van der Waals surface area contributed by atoms with E-state index in [0.717, 1.165) is 5.39 Å². The number of para-hydroxylation sites is 1. The zero-order valence-electron chi connectivity index (χ0n) is 8.29. The number of nitrogens with one attached hydrogen (secondary N) is 1. The lowest BCUT2D eigenvalue weighted by atomic mass is 10.2. The third kappa shape index (κ3) is 1.86. The van der Waals surface area contributed by atoms with Gasteiger partial charge in [-0.25, -0.2) is 9.97 Å². The van der Waals surface area contributed by atoms with Crippen molar-refractivity contribution in [3.8, 4) is 0 Å². The zero-order valence-corrected chi connectivity index (χ0v) is 9.04. The highest BCUT2D eigenvalue weighted by molar-refractivity contribution is 6.35. The minimum Gasteiger partial charge on any atom is -0.383 e. The lowest BCUT2D eigenvalue weighted by molar-refractivity contribution is 0.766. The highest BCUT2D eigenvalue weighted by Gasteiger charge is 2.06. The summed E-state index contributed by atoms with van der Waals surface area (Å²) in [6, 6.07) is 5.49. The molecule has 0 fully saturated rings. The van der Waals surface area contributed by atoms with E-state index in [1.54, 1.807) is 6.07 Å². The van der Waals surface area contributed by atoms with E-state index in [1.807, 2.05) is 19.2 Å². The Morgan fingerprint density at radius 3 is 2.93 bits per heavy atom. The SMILES string of the molecule is CNCc1nc(N)c2cccc(Cl)c2n1. The van der Waals surface area contributed by atoms with Gasteiger partial charge in [0.1, 0.15) is 11.6 Å². The van der Waals surface area contributed by atoms with E-state index < -0.39 is 0 Å². The zero-order chi connectivity index (χ0) is 10.8. The van der Waals surface area contributed by atoms with E-state index in [-0.39, 0.29) is 0 Å². The average molecular weight is 223 g/mol. The Bertz CT molecular complexity index is 498. The highest BCUT2D eigenvalue weighted by atomic mass is 35.5. The second kappa shape index (κ2) is 4.00. The van der Waals surface area contributed by atoms with Crippen LogP contribution in [0, 0.1) is 0 Å². The summed E-state index contributed by atoms with van der Waals surface area (Å²) in [5, 5.41) is 4.36. The second-order valence-electron chi connectivity index (χ2n) is 3.19. The Morgan fingerprint density at radius 2 is 2.20 bits per heavy atom. The van der Waals surface area contributed by atoms with Crippen LogP contribution in [0.25, 0.3) is 10.9 Å². The molecule has 2 aromatic rings. The third-order valence-corrected chi connectivity index (χ3v) is 2.39. The molecular formula is C10H11ClN4. The van der Waals surface area contributed by atoms with Crippen LogP contribution in [0.15, 0.2) is 18.2 Å². The molecular weight excluding hydrogens is 212 g/mol. The lowest BCUT2D eigenvalue weighted by Crippen LogP contribution is -2.10. The number of anilines is 1. The normalized spacial score (nSPS) is 10.8. The van der Waals surface area contributed by atoms with Gasteiger partial charge in [0.2, 0.25) is 0 Å². The molecule has 15 heavy (non-hydrogen) atoms. The molecule has 0 amide bonds. The molecule has 0 atom stereocenters. The maximum atomic E-state index is 6.03. The van der Waals surface area contributed by atoms with Crippen molar-refractivity contribution in [3.05, 3.63) is 29.0 Å². The molecule has 0 aliphatic rings. The van der Waals surface area contributed by atoms with Gasteiger partial charge in [0.05, 0.1) is 17.1 Å². The summed E-state index contributed by atoms with van der Waals surface area (Å²) in [5.41, 5.74) is 6.52. The molecule has 0 bridgehead atoms. The van der Waals surface area contributed by atoms with Crippen molar-refractivity contribution in [1.29, 1.82) is 0 Å². The van der Waals surface area contributed by atoms with Crippen LogP contribution in [0.1, 0.15) is 5.82 Å². The van der Waals surface area contributed by atoms with E-state index in [2.05, 4.69) is 15.3 Å². The van der Waals surface area contributed by atoms with Gasteiger partial charge in [0, 0.05) is 5.39 Å². The number of rotatable bonds is 2. The molecule has 78 valence electrons. The molecule has 4 nitrogen and oxygen atoms in total. The second-order valence-corrected chi connectivity index (χ2v) is 3.60. The topological polar surface area (TPSA) is 63.8 Å². The van der Waals surface area contributed by atoms with Crippen LogP contribution in [0.2, 0.25) is 5.02 Å². The molecule has 0 saturated carbocycles. The van der Waals surface area contributed by atoms with E-state index in [0.29, 0.717) is 28.7 Å². The summed E-state index contributed by atoms with van der Waals surface area (Å²) < 4.78 is 0. The summed E-state index contributed by atoms with van der Waals surface area (Å²) in [7, 11) is 1.83. The van der Waals surface area contributed by atoms with Crippen molar-refractivity contribution < 1.29 is 0 Å². The number of halogens is 1. The number of nitrogens with zero attached hydrogens (tertiary/aromatic N) is 2. The molecule has 3 N–H and O–H groups in total. The standard InChI is InChI=1S/C10H11ClN4/c1-13-5-8-14-9-6(10(12)15-8)3-2-4-7(9)11/h2-4,13H,5H2,1H3,(H2,12,14,15). The Labute approximate surface area is 92.5 Å². The van der Waals surface area contributed by atoms with Crippen molar-refractivity contribution in [2.75, 3.05) is 12.8 Å². The number of nitrogen functional groups attached to an aromatic ring is 1.